The van der Waals surface area contributed by atoms with Gasteiger partial charge in [-0.25, -0.2) is 0 Å². The second kappa shape index (κ2) is 4.33. The van der Waals surface area contributed by atoms with Gasteiger partial charge in [0.25, 0.3) is 0 Å². The first kappa shape index (κ1) is 10.1. The number of ether oxygens (including phenoxy) is 2. The van der Waals surface area contributed by atoms with Gasteiger partial charge in [-0.2, -0.15) is 5.26 Å². The van der Waals surface area contributed by atoms with E-state index in [-0.39, 0.29) is 0 Å². The molecule has 1 aromatic carbocycles. The van der Waals surface area contributed by atoms with E-state index in [1.165, 1.54) is 7.11 Å². The summed E-state index contributed by atoms with van der Waals surface area (Å²) in [5.41, 5.74) is 1.27. The zero-order valence-electron chi connectivity index (χ0n) is 8.20. The normalized spacial score (nSPS) is 8.93. The van der Waals surface area contributed by atoms with Crippen LogP contribution in [0.1, 0.15) is 11.1 Å². The molecular weight excluding hydrogens is 178 g/mol. The van der Waals surface area contributed by atoms with Crippen molar-refractivity contribution in [2.75, 3.05) is 14.2 Å². The van der Waals surface area contributed by atoms with Crippen molar-refractivity contribution in [3.8, 4) is 17.6 Å². The molecule has 3 nitrogen and oxygen atoms in total. The molecule has 0 bridgehead atoms. The molecular formula is C11H11NO2. The molecule has 0 amide bonds. The molecule has 0 saturated carbocycles. The van der Waals surface area contributed by atoms with Gasteiger partial charge in [0.2, 0.25) is 0 Å². The van der Waals surface area contributed by atoms with E-state index in [1.54, 1.807) is 25.3 Å². The summed E-state index contributed by atoms with van der Waals surface area (Å²) >= 11 is 0. The van der Waals surface area contributed by atoms with Gasteiger partial charge >= 0.3 is 0 Å². The fraction of sp³-hybridized carbons (Fsp3) is 0.182. The van der Waals surface area contributed by atoms with Crippen molar-refractivity contribution >= 4 is 6.08 Å². The van der Waals surface area contributed by atoms with Gasteiger partial charge in [-0.3, -0.25) is 0 Å². The molecule has 14 heavy (non-hydrogen) atoms. The fourth-order valence-corrected chi connectivity index (χ4v) is 1.16. The van der Waals surface area contributed by atoms with E-state index in [9.17, 15) is 0 Å². The average molecular weight is 189 g/mol. The Hall–Kier alpha value is -1.95. The van der Waals surface area contributed by atoms with Crippen LogP contribution >= 0.6 is 0 Å². The molecule has 0 aliphatic rings. The van der Waals surface area contributed by atoms with Crippen molar-refractivity contribution in [3.63, 3.8) is 0 Å². The number of nitrogens with zero attached hydrogens (tertiary/aromatic N) is 1. The summed E-state index contributed by atoms with van der Waals surface area (Å²) < 4.78 is 10.2. The maximum absolute atomic E-state index is 8.84. The van der Waals surface area contributed by atoms with E-state index in [0.29, 0.717) is 17.1 Å². The van der Waals surface area contributed by atoms with Gasteiger partial charge in [0, 0.05) is 6.07 Å². The van der Waals surface area contributed by atoms with Gasteiger partial charge in [-0.1, -0.05) is 12.7 Å². The lowest BCUT2D eigenvalue weighted by Gasteiger charge is -2.09. The first-order valence-electron chi connectivity index (χ1n) is 4.05. The SMILES string of the molecule is C=Cc1cc(OC)c(OC)cc1C#N. The molecule has 0 saturated heterocycles. The first-order chi connectivity index (χ1) is 6.76. The number of hydrogen-bond acceptors (Lipinski definition) is 3. The summed E-state index contributed by atoms with van der Waals surface area (Å²) in [6.07, 6.45) is 1.61. The van der Waals surface area contributed by atoms with E-state index in [2.05, 4.69) is 12.6 Å². The molecule has 0 spiro atoms. The minimum atomic E-state index is 0.526. The molecule has 1 rings (SSSR count). The highest BCUT2D eigenvalue weighted by Crippen LogP contribution is 2.30. The van der Waals surface area contributed by atoms with Crippen molar-refractivity contribution in [2.45, 2.75) is 0 Å². The molecule has 3 heteroatoms. The number of hydrogen-bond donors (Lipinski definition) is 0. The van der Waals surface area contributed by atoms with Crippen LogP contribution in [0.25, 0.3) is 6.08 Å². The third-order valence-corrected chi connectivity index (χ3v) is 1.90. The Morgan fingerprint density at radius 1 is 1.29 bits per heavy atom. The highest BCUT2D eigenvalue weighted by atomic mass is 16.5. The minimum Gasteiger partial charge on any atom is -0.493 e. The summed E-state index contributed by atoms with van der Waals surface area (Å²) in [4.78, 5) is 0. The molecule has 72 valence electrons. The van der Waals surface area contributed by atoms with Crippen LogP contribution < -0.4 is 9.47 Å². The van der Waals surface area contributed by atoms with Gasteiger partial charge in [0.05, 0.1) is 25.9 Å². The third kappa shape index (κ3) is 1.69. The largest absolute Gasteiger partial charge is 0.493 e. The van der Waals surface area contributed by atoms with Crippen LogP contribution in [0.2, 0.25) is 0 Å². The van der Waals surface area contributed by atoms with Gasteiger partial charge in [0.15, 0.2) is 11.5 Å². The molecule has 0 atom stereocenters. The quantitative estimate of drug-likeness (QED) is 0.732. The molecule has 0 N–H and O–H groups in total. The molecule has 0 heterocycles. The monoisotopic (exact) mass is 189 g/mol. The lowest BCUT2D eigenvalue weighted by molar-refractivity contribution is 0.355. The maximum atomic E-state index is 8.84. The van der Waals surface area contributed by atoms with Crippen molar-refractivity contribution in [2.24, 2.45) is 0 Å². The third-order valence-electron chi connectivity index (χ3n) is 1.90. The van der Waals surface area contributed by atoms with Crippen LogP contribution in [0.15, 0.2) is 18.7 Å². The molecule has 0 radical (unpaired) electrons. The molecule has 0 aliphatic heterocycles. The standard InChI is InChI=1S/C11H11NO2/c1-4-8-5-10(13-2)11(14-3)6-9(8)7-12/h4-6H,1H2,2-3H3. The second-order valence-electron chi connectivity index (χ2n) is 2.61. The van der Waals surface area contributed by atoms with E-state index >= 15 is 0 Å². The van der Waals surface area contributed by atoms with Crippen LogP contribution in [0.4, 0.5) is 0 Å². The Morgan fingerprint density at radius 3 is 2.29 bits per heavy atom. The first-order valence-corrected chi connectivity index (χ1v) is 4.05. The van der Waals surface area contributed by atoms with Gasteiger partial charge < -0.3 is 9.47 Å². The summed E-state index contributed by atoms with van der Waals surface area (Å²) in [7, 11) is 3.09. The van der Waals surface area contributed by atoms with Crippen LogP contribution in [0.5, 0.6) is 11.5 Å². The molecule has 0 unspecified atom stereocenters. The highest BCUT2D eigenvalue weighted by molar-refractivity contribution is 5.62. The molecule has 0 aliphatic carbocycles. The predicted molar refractivity (Wildman–Crippen MR) is 54.4 cm³/mol. The smallest absolute Gasteiger partial charge is 0.162 e. The topological polar surface area (TPSA) is 42.2 Å². The van der Waals surface area contributed by atoms with Crippen molar-refractivity contribution < 1.29 is 9.47 Å². The van der Waals surface area contributed by atoms with Crippen LogP contribution in [0, 0.1) is 11.3 Å². The van der Waals surface area contributed by atoms with Crippen molar-refractivity contribution in [3.05, 3.63) is 29.8 Å². The number of rotatable bonds is 3. The lowest BCUT2D eigenvalue weighted by Crippen LogP contribution is -1.93. The van der Waals surface area contributed by atoms with Gasteiger partial charge in [-0.15, -0.1) is 0 Å². The zero-order chi connectivity index (χ0) is 10.6. The number of benzene rings is 1. The number of nitriles is 1. The van der Waals surface area contributed by atoms with Crippen LogP contribution in [-0.4, -0.2) is 14.2 Å². The summed E-state index contributed by atoms with van der Waals surface area (Å²) in [6, 6.07) is 5.43. The molecule has 0 aromatic heterocycles. The second-order valence-corrected chi connectivity index (χ2v) is 2.61. The summed E-state index contributed by atoms with van der Waals surface area (Å²) in [5, 5.41) is 8.84. The minimum absolute atomic E-state index is 0.526. The fourth-order valence-electron chi connectivity index (χ4n) is 1.16. The average Bonchev–Trinajstić information content (AvgIpc) is 2.26. The predicted octanol–water partition coefficient (Wildman–Crippen LogP) is 2.22. The Balaban J connectivity index is 3.37. The molecule has 1 aromatic rings. The summed E-state index contributed by atoms with van der Waals surface area (Å²) in [6.45, 7) is 3.62. The van der Waals surface area contributed by atoms with Crippen LogP contribution in [0.3, 0.4) is 0 Å². The zero-order valence-corrected chi connectivity index (χ0v) is 8.20. The van der Waals surface area contributed by atoms with E-state index in [4.69, 9.17) is 14.7 Å². The Morgan fingerprint density at radius 2 is 1.86 bits per heavy atom. The Kier molecular flexibility index (Phi) is 3.14. The number of methoxy groups -OCH3 is 2. The van der Waals surface area contributed by atoms with Gasteiger partial charge in [-0.05, 0) is 11.6 Å². The van der Waals surface area contributed by atoms with E-state index in [1.807, 2.05) is 0 Å². The Bertz CT molecular complexity index is 391. The van der Waals surface area contributed by atoms with E-state index < -0.39 is 0 Å². The van der Waals surface area contributed by atoms with E-state index in [0.717, 1.165) is 5.56 Å². The lowest BCUT2D eigenvalue weighted by atomic mass is 10.1. The van der Waals surface area contributed by atoms with Crippen molar-refractivity contribution in [1.82, 2.24) is 0 Å². The van der Waals surface area contributed by atoms with Gasteiger partial charge in [0.1, 0.15) is 0 Å². The van der Waals surface area contributed by atoms with Crippen LogP contribution in [-0.2, 0) is 0 Å². The molecule has 0 fully saturated rings. The Labute approximate surface area is 83.2 Å². The maximum Gasteiger partial charge on any atom is 0.162 e. The van der Waals surface area contributed by atoms with Crippen molar-refractivity contribution in [1.29, 1.82) is 5.26 Å². The summed E-state index contributed by atoms with van der Waals surface area (Å²) in [5.74, 6) is 1.15. The highest BCUT2D eigenvalue weighted by Gasteiger charge is 2.08.